The Labute approximate surface area is 97.4 Å². The number of carbonyl (C=O) groups is 1. The molecule has 1 nitrogen and oxygen atoms in total. The standard InChI is InChI=1S/C12H12OS2/c1-7-4-9(3)15-12(7)11(13)10-6-14-5-8(10)2/h4-6H,1-3H3. The molecule has 2 rings (SSSR count). The molecule has 0 fully saturated rings. The van der Waals surface area contributed by atoms with Crippen molar-refractivity contribution in [2.45, 2.75) is 20.8 Å². The third kappa shape index (κ3) is 1.90. The van der Waals surface area contributed by atoms with Crippen LogP contribution in [0.1, 0.15) is 31.2 Å². The molecule has 2 aromatic heterocycles. The average Bonchev–Trinajstić information content (AvgIpc) is 2.71. The van der Waals surface area contributed by atoms with Crippen LogP contribution in [0.3, 0.4) is 0 Å². The molecule has 0 saturated heterocycles. The smallest absolute Gasteiger partial charge is 0.204 e. The second-order valence-electron chi connectivity index (χ2n) is 3.67. The van der Waals surface area contributed by atoms with Crippen LogP contribution in [0, 0.1) is 20.8 Å². The molecule has 78 valence electrons. The van der Waals surface area contributed by atoms with Gasteiger partial charge in [-0.2, -0.15) is 11.3 Å². The summed E-state index contributed by atoms with van der Waals surface area (Å²) in [6.07, 6.45) is 0. The van der Waals surface area contributed by atoms with Gasteiger partial charge in [0.15, 0.2) is 0 Å². The molecule has 0 unspecified atom stereocenters. The van der Waals surface area contributed by atoms with E-state index in [0.717, 1.165) is 21.6 Å². The number of carbonyl (C=O) groups excluding carboxylic acids is 1. The first-order valence-corrected chi connectivity index (χ1v) is 6.50. The van der Waals surface area contributed by atoms with E-state index in [1.165, 1.54) is 4.88 Å². The van der Waals surface area contributed by atoms with Crippen LogP contribution < -0.4 is 0 Å². The predicted molar refractivity (Wildman–Crippen MR) is 66.3 cm³/mol. The van der Waals surface area contributed by atoms with Gasteiger partial charge in [-0.05, 0) is 43.3 Å². The van der Waals surface area contributed by atoms with Gasteiger partial charge in [0, 0.05) is 15.8 Å². The summed E-state index contributed by atoms with van der Waals surface area (Å²) < 4.78 is 0. The van der Waals surface area contributed by atoms with Crippen molar-refractivity contribution in [2.24, 2.45) is 0 Å². The zero-order chi connectivity index (χ0) is 11.0. The quantitative estimate of drug-likeness (QED) is 0.721. The SMILES string of the molecule is Cc1cc(C)c(C(=O)c2cscc2C)s1. The number of hydrogen-bond donors (Lipinski definition) is 0. The highest BCUT2D eigenvalue weighted by atomic mass is 32.1. The molecule has 0 aliphatic rings. The van der Waals surface area contributed by atoms with Gasteiger partial charge in [0.05, 0.1) is 4.88 Å². The van der Waals surface area contributed by atoms with Crippen molar-refractivity contribution >= 4 is 28.5 Å². The van der Waals surface area contributed by atoms with E-state index in [1.807, 2.05) is 31.5 Å². The molecule has 0 saturated carbocycles. The molecule has 3 heteroatoms. The van der Waals surface area contributed by atoms with Gasteiger partial charge in [-0.3, -0.25) is 4.79 Å². The Morgan fingerprint density at radius 2 is 1.87 bits per heavy atom. The number of hydrogen-bond acceptors (Lipinski definition) is 3. The third-order valence-corrected chi connectivity index (χ3v) is 4.36. The topological polar surface area (TPSA) is 17.1 Å². The Bertz CT molecular complexity index is 505. The summed E-state index contributed by atoms with van der Waals surface area (Å²) in [7, 11) is 0. The van der Waals surface area contributed by atoms with Crippen LogP contribution >= 0.6 is 22.7 Å². The summed E-state index contributed by atoms with van der Waals surface area (Å²) in [6, 6.07) is 2.07. The Morgan fingerprint density at radius 3 is 2.33 bits per heavy atom. The molecule has 0 aromatic carbocycles. The maximum Gasteiger partial charge on any atom is 0.204 e. The molecule has 0 aliphatic heterocycles. The van der Waals surface area contributed by atoms with Gasteiger partial charge in [-0.1, -0.05) is 0 Å². The number of aryl methyl sites for hydroxylation is 3. The first-order chi connectivity index (χ1) is 7.09. The van der Waals surface area contributed by atoms with Crippen LogP contribution in [-0.2, 0) is 0 Å². The summed E-state index contributed by atoms with van der Waals surface area (Å²) >= 11 is 3.17. The highest BCUT2D eigenvalue weighted by Crippen LogP contribution is 2.26. The van der Waals surface area contributed by atoms with Crippen LogP contribution in [0.15, 0.2) is 16.8 Å². The summed E-state index contributed by atoms with van der Waals surface area (Å²) in [6.45, 7) is 6.02. The lowest BCUT2D eigenvalue weighted by atomic mass is 10.1. The molecule has 0 atom stereocenters. The van der Waals surface area contributed by atoms with E-state index >= 15 is 0 Å². The lowest BCUT2D eigenvalue weighted by Gasteiger charge is -1.98. The van der Waals surface area contributed by atoms with Crippen LogP contribution in [0.5, 0.6) is 0 Å². The maximum absolute atomic E-state index is 12.2. The monoisotopic (exact) mass is 236 g/mol. The van der Waals surface area contributed by atoms with Crippen LogP contribution in [-0.4, -0.2) is 5.78 Å². The van der Waals surface area contributed by atoms with Crippen molar-refractivity contribution < 1.29 is 4.79 Å². The van der Waals surface area contributed by atoms with Gasteiger partial charge in [-0.25, -0.2) is 0 Å². The number of ketones is 1. The minimum absolute atomic E-state index is 0.171. The van der Waals surface area contributed by atoms with Crippen molar-refractivity contribution in [1.29, 1.82) is 0 Å². The summed E-state index contributed by atoms with van der Waals surface area (Å²) in [5.41, 5.74) is 3.02. The highest BCUT2D eigenvalue weighted by Gasteiger charge is 2.16. The molecule has 0 bridgehead atoms. The Morgan fingerprint density at radius 1 is 1.13 bits per heavy atom. The van der Waals surface area contributed by atoms with Gasteiger partial charge in [-0.15, -0.1) is 11.3 Å². The van der Waals surface area contributed by atoms with E-state index in [9.17, 15) is 4.79 Å². The number of rotatable bonds is 2. The Kier molecular flexibility index (Phi) is 2.76. The average molecular weight is 236 g/mol. The van der Waals surface area contributed by atoms with E-state index in [4.69, 9.17) is 0 Å². The predicted octanol–water partition coefficient (Wildman–Crippen LogP) is 3.97. The van der Waals surface area contributed by atoms with Crippen LogP contribution in [0.2, 0.25) is 0 Å². The van der Waals surface area contributed by atoms with E-state index in [2.05, 4.69) is 6.07 Å². The minimum atomic E-state index is 0.171. The van der Waals surface area contributed by atoms with Crippen molar-refractivity contribution in [3.05, 3.63) is 43.3 Å². The largest absolute Gasteiger partial charge is 0.288 e. The molecular weight excluding hydrogens is 224 g/mol. The lowest BCUT2D eigenvalue weighted by molar-refractivity contribution is 0.104. The normalized spacial score (nSPS) is 10.6. The summed E-state index contributed by atoms with van der Waals surface area (Å²) in [4.78, 5) is 14.3. The summed E-state index contributed by atoms with van der Waals surface area (Å²) in [5, 5.41) is 3.95. The molecule has 2 aromatic rings. The van der Waals surface area contributed by atoms with Crippen molar-refractivity contribution in [2.75, 3.05) is 0 Å². The first-order valence-electron chi connectivity index (χ1n) is 4.74. The van der Waals surface area contributed by atoms with Crippen molar-refractivity contribution in [3.63, 3.8) is 0 Å². The summed E-state index contributed by atoms with van der Waals surface area (Å²) in [5.74, 6) is 0.171. The second-order valence-corrected chi connectivity index (χ2v) is 5.67. The highest BCUT2D eigenvalue weighted by molar-refractivity contribution is 7.14. The Balaban J connectivity index is 2.45. The second kappa shape index (κ2) is 3.91. The van der Waals surface area contributed by atoms with Gasteiger partial charge < -0.3 is 0 Å². The first kappa shape index (κ1) is 10.6. The van der Waals surface area contributed by atoms with Gasteiger partial charge in [0.25, 0.3) is 0 Å². The molecule has 0 spiro atoms. The van der Waals surface area contributed by atoms with Gasteiger partial charge >= 0.3 is 0 Å². The molecule has 15 heavy (non-hydrogen) atoms. The molecule has 2 heterocycles. The van der Waals surface area contributed by atoms with Crippen molar-refractivity contribution in [3.8, 4) is 0 Å². The van der Waals surface area contributed by atoms with Crippen LogP contribution in [0.25, 0.3) is 0 Å². The van der Waals surface area contributed by atoms with E-state index in [-0.39, 0.29) is 5.78 Å². The fourth-order valence-corrected chi connectivity index (χ4v) is 3.39. The Hall–Kier alpha value is -0.930. The molecule has 0 N–H and O–H groups in total. The van der Waals surface area contributed by atoms with Gasteiger partial charge in [0.1, 0.15) is 0 Å². The van der Waals surface area contributed by atoms with E-state index in [0.29, 0.717) is 0 Å². The zero-order valence-electron chi connectivity index (χ0n) is 8.96. The zero-order valence-corrected chi connectivity index (χ0v) is 10.6. The van der Waals surface area contributed by atoms with Gasteiger partial charge in [0.2, 0.25) is 5.78 Å². The van der Waals surface area contributed by atoms with Crippen LogP contribution in [0.4, 0.5) is 0 Å². The maximum atomic E-state index is 12.2. The molecular formula is C12H12OS2. The fourth-order valence-electron chi connectivity index (χ4n) is 1.58. The van der Waals surface area contributed by atoms with E-state index < -0.39 is 0 Å². The van der Waals surface area contributed by atoms with Crippen molar-refractivity contribution in [1.82, 2.24) is 0 Å². The number of thiophene rings is 2. The molecule has 0 aliphatic carbocycles. The third-order valence-electron chi connectivity index (χ3n) is 2.35. The fraction of sp³-hybridized carbons (Fsp3) is 0.250. The van der Waals surface area contributed by atoms with E-state index in [1.54, 1.807) is 22.7 Å². The lowest BCUT2D eigenvalue weighted by Crippen LogP contribution is -2.00. The minimum Gasteiger partial charge on any atom is -0.288 e. The molecule has 0 amide bonds. The molecule has 0 radical (unpaired) electrons.